The predicted molar refractivity (Wildman–Crippen MR) is 148 cm³/mol. The van der Waals surface area contributed by atoms with Gasteiger partial charge in [0, 0.05) is 43.3 Å². The molecular weight excluding hydrogens is 532 g/mol. The molecule has 2 aromatic carbocycles. The number of aliphatic hydroxyl groups is 1. The van der Waals surface area contributed by atoms with Crippen LogP contribution in [0.4, 0.5) is 5.69 Å². The molecule has 41 heavy (non-hydrogen) atoms. The highest BCUT2D eigenvalue weighted by Gasteiger charge is 2.32. The molecule has 0 saturated carbocycles. The third-order valence-electron chi connectivity index (χ3n) is 6.59. The molecule has 0 aliphatic carbocycles. The number of aromatic nitrogens is 1. The standard InChI is InChI=1S/C29H32N4O8/c1-29(2,39)41-22(16-23(34)40-3)26(36)31-21-11-7-10-19-20(17-30-24(19)21)25(35)28(38)33-14-12-32(13-15-33)27(37)18-8-5-4-6-9-18/h4-11,17,22,30,39H,12-16H2,1-3H3,(H,31,36)/t22-/m1/s1. The summed E-state index contributed by atoms with van der Waals surface area (Å²) in [6, 6.07) is 13.7. The van der Waals surface area contributed by atoms with Crippen LogP contribution in [-0.4, -0.2) is 94.5 Å². The average Bonchev–Trinajstić information content (AvgIpc) is 3.40. The summed E-state index contributed by atoms with van der Waals surface area (Å²) >= 11 is 0. The normalized spacial score (nSPS) is 14.4. The average molecular weight is 565 g/mol. The van der Waals surface area contributed by atoms with E-state index in [1.54, 1.807) is 47.4 Å². The maximum Gasteiger partial charge on any atom is 0.308 e. The van der Waals surface area contributed by atoms with Crippen molar-refractivity contribution < 1.29 is 38.6 Å². The third kappa shape index (κ3) is 6.97. The van der Waals surface area contributed by atoms with Gasteiger partial charge in [-0.15, -0.1) is 0 Å². The van der Waals surface area contributed by atoms with Gasteiger partial charge in [0.05, 0.1) is 30.3 Å². The van der Waals surface area contributed by atoms with Gasteiger partial charge in [0.15, 0.2) is 5.79 Å². The van der Waals surface area contributed by atoms with Gasteiger partial charge >= 0.3 is 5.97 Å². The van der Waals surface area contributed by atoms with Crippen molar-refractivity contribution >= 4 is 46.1 Å². The summed E-state index contributed by atoms with van der Waals surface area (Å²) in [6.45, 7) is 3.69. The first-order chi connectivity index (χ1) is 19.5. The molecule has 1 fully saturated rings. The van der Waals surface area contributed by atoms with Crippen LogP contribution in [0.3, 0.4) is 0 Å². The molecular formula is C29H32N4O8. The van der Waals surface area contributed by atoms with E-state index in [9.17, 15) is 29.1 Å². The Bertz CT molecular complexity index is 1450. The monoisotopic (exact) mass is 564 g/mol. The zero-order chi connectivity index (χ0) is 29.7. The van der Waals surface area contributed by atoms with E-state index in [4.69, 9.17) is 4.74 Å². The van der Waals surface area contributed by atoms with Gasteiger partial charge in [-0.3, -0.25) is 24.0 Å². The predicted octanol–water partition coefficient (Wildman–Crippen LogP) is 1.95. The summed E-state index contributed by atoms with van der Waals surface area (Å²) in [7, 11) is 1.17. The van der Waals surface area contributed by atoms with Crippen molar-refractivity contribution in [3.63, 3.8) is 0 Å². The first-order valence-corrected chi connectivity index (χ1v) is 13.0. The Hall–Kier alpha value is -4.55. The number of esters is 1. The van der Waals surface area contributed by atoms with Crippen molar-refractivity contribution in [2.45, 2.75) is 32.2 Å². The van der Waals surface area contributed by atoms with Crippen LogP contribution in [-0.2, 0) is 23.9 Å². The lowest BCUT2D eigenvalue weighted by atomic mass is 10.1. The van der Waals surface area contributed by atoms with Gasteiger partial charge < -0.3 is 34.7 Å². The second kappa shape index (κ2) is 12.3. The van der Waals surface area contributed by atoms with Crippen LogP contribution in [0.15, 0.2) is 54.7 Å². The van der Waals surface area contributed by atoms with Crippen LogP contribution in [0.1, 0.15) is 41.0 Å². The molecule has 12 heteroatoms. The number of ether oxygens (including phenoxy) is 2. The molecule has 3 aromatic rings. The highest BCUT2D eigenvalue weighted by Crippen LogP contribution is 2.27. The van der Waals surface area contributed by atoms with Crippen molar-refractivity contribution in [2.75, 3.05) is 38.6 Å². The topological polar surface area (TPSA) is 158 Å². The number of hydrogen-bond acceptors (Lipinski definition) is 8. The lowest BCUT2D eigenvalue weighted by molar-refractivity contribution is -0.208. The number of piperazine rings is 1. The number of fused-ring (bicyclic) bond motifs is 1. The maximum atomic E-state index is 13.2. The Labute approximate surface area is 236 Å². The van der Waals surface area contributed by atoms with Gasteiger partial charge in [-0.2, -0.15) is 0 Å². The summed E-state index contributed by atoms with van der Waals surface area (Å²) in [6.07, 6.45) is -0.396. The molecule has 0 spiro atoms. The minimum absolute atomic E-state index is 0.128. The number of H-pyrrole nitrogens is 1. The molecule has 0 radical (unpaired) electrons. The van der Waals surface area contributed by atoms with Crippen LogP contribution < -0.4 is 5.32 Å². The van der Waals surface area contributed by atoms with Crippen molar-refractivity contribution in [2.24, 2.45) is 0 Å². The maximum absolute atomic E-state index is 13.2. The number of anilines is 1. The number of nitrogens with zero attached hydrogens (tertiary/aromatic N) is 2. The molecule has 3 amide bonds. The number of rotatable bonds is 9. The number of ketones is 1. The number of carbonyl (C=O) groups excluding carboxylic acids is 5. The van der Waals surface area contributed by atoms with E-state index in [1.807, 2.05) is 6.07 Å². The largest absolute Gasteiger partial charge is 0.469 e. The first-order valence-electron chi connectivity index (χ1n) is 13.0. The van der Waals surface area contributed by atoms with Crippen LogP contribution >= 0.6 is 0 Å². The zero-order valence-electron chi connectivity index (χ0n) is 23.0. The molecule has 12 nitrogen and oxygen atoms in total. The van der Waals surface area contributed by atoms with E-state index in [-0.39, 0.29) is 30.2 Å². The number of para-hydroxylation sites is 1. The highest BCUT2D eigenvalue weighted by molar-refractivity contribution is 6.45. The number of carbonyl (C=O) groups is 5. The Balaban J connectivity index is 1.45. The van der Waals surface area contributed by atoms with Gasteiger partial charge in [0.2, 0.25) is 0 Å². The van der Waals surface area contributed by atoms with E-state index < -0.39 is 41.9 Å². The summed E-state index contributed by atoms with van der Waals surface area (Å²) in [5.41, 5.74) is 1.35. The van der Waals surface area contributed by atoms with Crippen molar-refractivity contribution in [1.29, 1.82) is 0 Å². The van der Waals surface area contributed by atoms with Gasteiger partial charge in [0.25, 0.3) is 23.5 Å². The number of amides is 3. The van der Waals surface area contributed by atoms with Crippen molar-refractivity contribution in [3.05, 3.63) is 65.9 Å². The molecule has 1 aromatic heterocycles. The first kappa shape index (κ1) is 29.4. The zero-order valence-corrected chi connectivity index (χ0v) is 23.0. The molecule has 1 aliphatic heterocycles. The second-order valence-corrected chi connectivity index (χ2v) is 10.0. The number of nitrogens with one attached hydrogen (secondary N) is 2. The Morgan fingerprint density at radius 1 is 0.976 bits per heavy atom. The summed E-state index contributed by atoms with van der Waals surface area (Å²) in [4.78, 5) is 69.8. The van der Waals surface area contributed by atoms with E-state index in [1.165, 1.54) is 32.1 Å². The van der Waals surface area contributed by atoms with E-state index in [0.717, 1.165) is 0 Å². The minimum Gasteiger partial charge on any atom is -0.469 e. The summed E-state index contributed by atoms with van der Waals surface area (Å²) < 4.78 is 9.98. The van der Waals surface area contributed by atoms with Crippen molar-refractivity contribution in [3.8, 4) is 0 Å². The molecule has 0 bridgehead atoms. The molecule has 2 heterocycles. The van der Waals surface area contributed by atoms with Crippen LogP contribution in [0, 0.1) is 0 Å². The molecule has 0 unspecified atom stereocenters. The number of Topliss-reactive ketones (excluding diaryl/α,β-unsaturated/α-hetero) is 1. The molecule has 1 atom stereocenters. The fourth-order valence-electron chi connectivity index (χ4n) is 4.57. The molecule has 3 N–H and O–H groups in total. The van der Waals surface area contributed by atoms with Gasteiger partial charge in [-0.05, 0) is 32.0 Å². The van der Waals surface area contributed by atoms with Gasteiger partial charge in [-0.25, -0.2) is 0 Å². The second-order valence-electron chi connectivity index (χ2n) is 10.0. The molecule has 1 saturated heterocycles. The van der Waals surface area contributed by atoms with E-state index >= 15 is 0 Å². The van der Waals surface area contributed by atoms with E-state index in [2.05, 4.69) is 15.0 Å². The molecule has 4 rings (SSSR count). The number of aromatic amines is 1. The summed E-state index contributed by atoms with van der Waals surface area (Å²) in [5, 5.41) is 13.1. The fraction of sp³-hybridized carbons (Fsp3) is 0.345. The summed E-state index contributed by atoms with van der Waals surface area (Å²) in [5.74, 6) is -4.66. The molecule has 216 valence electrons. The third-order valence-corrected chi connectivity index (χ3v) is 6.59. The fourth-order valence-corrected chi connectivity index (χ4v) is 4.57. The van der Waals surface area contributed by atoms with E-state index in [0.29, 0.717) is 29.6 Å². The van der Waals surface area contributed by atoms with Crippen LogP contribution in [0.25, 0.3) is 10.9 Å². The van der Waals surface area contributed by atoms with Crippen LogP contribution in [0.5, 0.6) is 0 Å². The van der Waals surface area contributed by atoms with Gasteiger partial charge in [0.1, 0.15) is 6.10 Å². The number of hydrogen-bond donors (Lipinski definition) is 3. The number of methoxy groups -OCH3 is 1. The minimum atomic E-state index is -1.70. The Kier molecular flexibility index (Phi) is 8.84. The van der Waals surface area contributed by atoms with Crippen LogP contribution in [0.2, 0.25) is 0 Å². The lowest BCUT2D eigenvalue weighted by Gasteiger charge is -2.34. The Morgan fingerprint density at radius 2 is 1.63 bits per heavy atom. The van der Waals surface area contributed by atoms with Gasteiger partial charge in [-0.1, -0.05) is 30.3 Å². The Morgan fingerprint density at radius 3 is 2.27 bits per heavy atom. The number of benzene rings is 2. The molecule has 1 aliphatic rings. The van der Waals surface area contributed by atoms with Crippen molar-refractivity contribution in [1.82, 2.24) is 14.8 Å². The highest BCUT2D eigenvalue weighted by atomic mass is 16.6. The lowest BCUT2D eigenvalue weighted by Crippen LogP contribution is -2.52. The quantitative estimate of drug-likeness (QED) is 0.154. The smallest absolute Gasteiger partial charge is 0.308 e. The SMILES string of the molecule is COC(=O)C[C@@H](OC(C)(C)O)C(=O)Nc1cccc2c(C(=O)C(=O)N3CCN(C(=O)c4ccccc4)CC3)c[nH]c12.